The maximum absolute atomic E-state index is 12.3. The molecule has 1 N–H and O–H groups in total. The minimum absolute atomic E-state index is 0.147. The smallest absolute Gasteiger partial charge is 0.306 e. The SMILES string of the molecule is CC(C)(C)OC(=O)C[C@H](CCCOCc1ccccc1)c1noc(C=O)c1I.CC(C)(C)OC(=O)C[C@H](CCCOCc1ccccc1)c1noc(CO)c1I. The Hall–Kier alpha value is -3.19. The second-order valence-corrected chi connectivity index (χ2v) is 17.3. The minimum Gasteiger partial charge on any atom is -0.460 e. The van der Waals surface area contributed by atoms with Gasteiger partial charge < -0.3 is 33.1 Å². The highest BCUT2D eigenvalue weighted by molar-refractivity contribution is 14.1. The normalized spacial score (nSPS) is 12.7. The van der Waals surface area contributed by atoms with E-state index in [0.717, 1.165) is 27.5 Å². The van der Waals surface area contributed by atoms with E-state index in [0.29, 0.717) is 66.3 Å². The fourth-order valence-corrected chi connectivity index (χ4v) is 7.12. The number of carbonyl (C=O) groups excluding carboxylic acids is 3. The third kappa shape index (κ3) is 17.5. The van der Waals surface area contributed by atoms with Crippen LogP contribution in [0, 0.1) is 7.14 Å². The van der Waals surface area contributed by atoms with Crippen molar-refractivity contribution in [3.05, 3.63) is 102 Å². The highest BCUT2D eigenvalue weighted by Crippen LogP contribution is 2.32. The van der Waals surface area contributed by atoms with Gasteiger partial charge in [0.2, 0.25) is 5.76 Å². The highest BCUT2D eigenvalue weighted by Gasteiger charge is 2.28. The molecule has 0 spiro atoms. The lowest BCUT2D eigenvalue weighted by molar-refractivity contribution is -0.156. The number of aliphatic hydroxyl groups excluding tert-OH is 1. The molecule has 0 aliphatic carbocycles. The second kappa shape index (κ2) is 23.9. The summed E-state index contributed by atoms with van der Waals surface area (Å²) in [5.41, 5.74) is 2.48. The first-order chi connectivity index (χ1) is 26.6. The van der Waals surface area contributed by atoms with Crippen molar-refractivity contribution in [3.8, 4) is 0 Å². The van der Waals surface area contributed by atoms with Crippen molar-refractivity contribution in [2.24, 2.45) is 0 Å². The quantitative estimate of drug-likeness (QED) is 0.0387. The number of nitrogens with zero attached hydrogens (tertiary/aromatic N) is 2. The Bertz CT molecular complexity index is 1770. The van der Waals surface area contributed by atoms with Crippen LogP contribution >= 0.6 is 45.2 Å². The first-order valence-corrected chi connectivity index (χ1v) is 20.8. The largest absolute Gasteiger partial charge is 0.460 e. The lowest BCUT2D eigenvalue weighted by Gasteiger charge is -2.21. The lowest BCUT2D eigenvalue weighted by Crippen LogP contribution is -2.25. The van der Waals surface area contributed by atoms with Crippen LogP contribution in [0.4, 0.5) is 0 Å². The molecule has 56 heavy (non-hydrogen) atoms. The number of ether oxygens (including phenoxy) is 4. The van der Waals surface area contributed by atoms with Crippen LogP contribution < -0.4 is 0 Å². The van der Waals surface area contributed by atoms with Gasteiger partial charge in [-0.25, -0.2) is 0 Å². The van der Waals surface area contributed by atoms with Crippen LogP contribution in [0.2, 0.25) is 0 Å². The van der Waals surface area contributed by atoms with Gasteiger partial charge in [-0.2, -0.15) is 0 Å². The van der Waals surface area contributed by atoms with Crippen LogP contribution in [0.5, 0.6) is 0 Å². The molecule has 0 saturated heterocycles. The molecule has 0 fully saturated rings. The molecule has 4 aromatic rings. The van der Waals surface area contributed by atoms with Gasteiger partial charge in [-0.3, -0.25) is 14.4 Å². The summed E-state index contributed by atoms with van der Waals surface area (Å²) in [6.45, 7) is 13.1. The number of esters is 2. The number of aliphatic hydroxyl groups is 1. The van der Waals surface area contributed by atoms with E-state index in [1.807, 2.05) is 125 Å². The number of hydrogen-bond donors (Lipinski definition) is 1. The average molecular weight is 1000 g/mol. The second-order valence-electron chi connectivity index (χ2n) is 15.2. The molecule has 4 rings (SSSR count). The zero-order valence-corrected chi connectivity index (χ0v) is 37.4. The van der Waals surface area contributed by atoms with Crippen molar-refractivity contribution in [2.45, 2.75) is 123 Å². The fourth-order valence-electron chi connectivity index (χ4n) is 5.54. The standard InChI is InChI=1S/C21H28INO5.C21H26INO5/c2*1-21(2,3)27-18(25)12-16(20-19(22)17(13-24)28-23-20)10-7-11-26-14-15-8-5-4-6-9-15/h4-6,8-9,16,24H,7,10-14H2,1-3H3;4-6,8-9,13,16H,7,10-12,14H2,1-3H3/t2*16-/m00/s1. The predicted octanol–water partition coefficient (Wildman–Crippen LogP) is 9.49. The Kier molecular flexibility index (Phi) is 20.1. The van der Waals surface area contributed by atoms with Crippen molar-refractivity contribution in [1.29, 1.82) is 0 Å². The molecule has 306 valence electrons. The van der Waals surface area contributed by atoms with Gasteiger partial charge in [0.15, 0.2) is 12.0 Å². The number of aldehydes is 1. The predicted molar refractivity (Wildman–Crippen MR) is 227 cm³/mol. The van der Waals surface area contributed by atoms with Crippen LogP contribution in [0.25, 0.3) is 0 Å². The molecule has 2 aromatic carbocycles. The van der Waals surface area contributed by atoms with Gasteiger partial charge in [-0.05, 0) is 124 Å². The van der Waals surface area contributed by atoms with Crippen molar-refractivity contribution in [3.63, 3.8) is 0 Å². The molecule has 0 bridgehead atoms. The van der Waals surface area contributed by atoms with Gasteiger partial charge in [0.1, 0.15) is 29.2 Å². The molecule has 0 radical (unpaired) electrons. The maximum Gasteiger partial charge on any atom is 0.306 e. The first kappa shape index (κ1) is 47.2. The molecule has 0 saturated carbocycles. The summed E-state index contributed by atoms with van der Waals surface area (Å²) in [6, 6.07) is 20.0. The zero-order chi connectivity index (χ0) is 41.1. The summed E-state index contributed by atoms with van der Waals surface area (Å²) < 4.78 is 34.1. The summed E-state index contributed by atoms with van der Waals surface area (Å²) in [5.74, 6) is -0.304. The lowest BCUT2D eigenvalue weighted by atomic mass is 9.95. The molecular formula is C42H54I2N2O10. The molecule has 12 nitrogen and oxygen atoms in total. The van der Waals surface area contributed by atoms with E-state index < -0.39 is 11.2 Å². The molecule has 0 unspecified atom stereocenters. The summed E-state index contributed by atoms with van der Waals surface area (Å²) in [7, 11) is 0. The Morgan fingerprint density at radius 2 is 1.14 bits per heavy atom. The summed E-state index contributed by atoms with van der Waals surface area (Å²) >= 11 is 4.13. The number of rotatable bonds is 20. The number of carbonyl (C=O) groups is 3. The van der Waals surface area contributed by atoms with E-state index in [9.17, 15) is 19.5 Å². The van der Waals surface area contributed by atoms with Crippen molar-refractivity contribution >= 4 is 63.4 Å². The fraction of sp³-hybridized carbons (Fsp3) is 0.500. The third-order valence-electron chi connectivity index (χ3n) is 8.00. The molecule has 2 atom stereocenters. The van der Waals surface area contributed by atoms with Crippen molar-refractivity contribution in [2.75, 3.05) is 13.2 Å². The van der Waals surface area contributed by atoms with E-state index >= 15 is 0 Å². The van der Waals surface area contributed by atoms with Crippen molar-refractivity contribution in [1.82, 2.24) is 10.3 Å². The van der Waals surface area contributed by atoms with E-state index in [2.05, 4.69) is 32.9 Å². The molecular weight excluding hydrogens is 946 g/mol. The van der Waals surface area contributed by atoms with Crippen LogP contribution in [-0.4, -0.2) is 58.1 Å². The number of aromatic nitrogens is 2. The van der Waals surface area contributed by atoms with Crippen molar-refractivity contribution < 1.29 is 47.5 Å². The highest BCUT2D eigenvalue weighted by atomic mass is 127. The Morgan fingerprint density at radius 1 is 0.714 bits per heavy atom. The number of hydrogen-bond acceptors (Lipinski definition) is 12. The monoisotopic (exact) mass is 1000 g/mol. The van der Waals surface area contributed by atoms with E-state index in [1.165, 1.54) is 0 Å². The van der Waals surface area contributed by atoms with E-state index in [1.54, 1.807) is 0 Å². The molecule has 2 heterocycles. The van der Waals surface area contributed by atoms with Gasteiger partial charge >= 0.3 is 11.9 Å². The summed E-state index contributed by atoms with van der Waals surface area (Å²) in [5, 5.41) is 17.5. The van der Waals surface area contributed by atoms with Crippen LogP contribution in [0.15, 0.2) is 69.7 Å². The summed E-state index contributed by atoms with van der Waals surface area (Å²) in [4.78, 5) is 35.7. The third-order valence-corrected chi connectivity index (χ3v) is 10.2. The Morgan fingerprint density at radius 3 is 1.52 bits per heavy atom. The molecule has 14 heteroatoms. The van der Waals surface area contributed by atoms with Gasteiger partial charge in [0, 0.05) is 25.0 Å². The van der Waals surface area contributed by atoms with E-state index in [-0.39, 0.29) is 49.0 Å². The zero-order valence-electron chi connectivity index (χ0n) is 33.1. The van der Waals surface area contributed by atoms with Gasteiger partial charge in [0.25, 0.3) is 0 Å². The first-order valence-electron chi connectivity index (χ1n) is 18.6. The topological polar surface area (TPSA) is 160 Å². The molecule has 0 aliphatic heterocycles. The minimum atomic E-state index is -0.550. The van der Waals surface area contributed by atoms with Crippen LogP contribution in [-0.2, 0) is 48.4 Å². The van der Waals surface area contributed by atoms with Crippen LogP contribution in [0.3, 0.4) is 0 Å². The average Bonchev–Trinajstić information content (AvgIpc) is 3.70. The molecule has 0 aliphatic rings. The van der Waals surface area contributed by atoms with Gasteiger partial charge in [-0.15, -0.1) is 0 Å². The van der Waals surface area contributed by atoms with E-state index in [4.69, 9.17) is 28.0 Å². The molecule has 2 aromatic heterocycles. The molecule has 0 amide bonds. The van der Waals surface area contributed by atoms with Gasteiger partial charge in [0.05, 0.1) is 33.2 Å². The Balaban J connectivity index is 0.000000300. The number of benzene rings is 2. The maximum atomic E-state index is 12.3. The van der Waals surface area contributed by atoms with Crippen LogP contribution in [0.1, 0.15) is 131 Å². The Labute approximate surface area is 357 Å². The summed E-state index contributed by atoms with van der Waals surface area (Å²) in [6.07, 6.45) is 3.93. The number of halogens is 2. The van der Waals surface area contributed by atoms with Gasteiger partial charge in [-0.1, -0.05) is 71.0 Å².